The van der Waals surface area contributed by atoms with Gasteiger partial charge in [0.2, 0.25) is 5.91 Å². The lowest BCUT2D eigenvalue weighted by molar-refractivity contribution is -0.153. The van der Waals surface area contributed by atoms with Crippen LogP contribution in [0, 0.1) is 5.82 Å². The number of aliphatic hydroxyl groups is 1. The van der Waals surface area contributed by atoms with Crippen molar-refractivity contribution in [1.29, 1.82) is 0 Å². The first-order chi connectivity index (χ1) is 13.0. The van der Waals surface area contributed by atoms with E-state index in [0.717, 1.165) is 5.56 Å². The number of halogens is 3. The number of nitrogens with zero attached hydrogens (tertiary/aromatic N) is 1. The summed E-state index contributed by atoms with van der Waals surface area (Å²) in [4.78, 5) is 13.8. The lowest BCUT2D eigenvalue weighted by Crippen LogP contribution is -2.50. The molecule has 0 spiro atoms. The molecule has 2 aromatic rings. The van der Waals surface area contributed by atoms with Gasteiger partial charge in [-0.15, -0.1) is 0 Å². The number of amides is 1. The minimum atomic E-state index is -0.294. The molecule has 2 aromatic carbocycles. The van der Waals surface area contributed by atoms with E-state index in [-0.39, 0.29) is 37.0 Å². The van der Waals surface area contributed by atoms with Crippen molar-refractivity contribution in [3.63, 3.8) is 0 Å². The van der Waals surface area contributed by atoms with Crippen LogP contribution in [0.4, 0.5) is 4.39 Å². The second-order valence-corrected chi connectivity index (χ2v) is 6.94. The molecule has 0 unspecified atom stereocenters. The van der Waals surface area contributed by atoms with Crippen LogP contribution in [0.25, 0.3) is 0 Å². The zero-order chi connectivity index (χ0) is 19.8. The van der Waals surface area contributed by atoms with E-state index in [1.54, 1.807) is 29.2 Å². The Balaban J connectivity index is 0.000000273. The Morgan fingerprint density at radius 1 is 1.22 bits per heavy atom. The zero-order valence-corrected chi connectivity index (χ0v) is 16.5. The minimum Gasteiger partial charge on any atom is -0.394 e. The predicted octanol–water partition coefficient (Wildman–Crippen LogP) is 4.49. The summed E-state index contributed by atoms with van der Waals surface area (Å²) < 4.78 is 17.4. The summed E-state index contributed by atoms with van der Waals surface area (Å²) in [6.45, 7) is 2.46. The van der Waals surface area contributed by atoms with Crippen molar-refractivity contribution in [3.8, 4) is 0 Å². The first kappa shape index (κ1) is 21.6. The van der Waals surface area contributed by atoms with Crippen molar-refractivity contribution in [2.24, 2.45) is 0 Å². The number of hydrogen-bond acceptors (Lipinski definition) is 3. The Bertz CT molecular complexity index is 721. The summed E-state index contributed by atoms with van der Waals surface area (Å²) in [7, 11) is 0. The van der Waals surface area contributed by atoms with Crippen LogP contribution in [0.2, 0.25) is 10.0 Å². The normalized spacial score (nSPS) is 17.9. The molecule has 27 heavy (non-hydrogen) atoms. The fourth-order valence-electron chi connectivity index (χ4n) is 2.86. The van der Waals surface area contributed by atoms with Gasteiger partial charge in [-0.2, -0.15) is 0 Å². The summed E-state index contributed by atoms with van der Waals surface area (Å²) in [5.74, 6) is -0.371. The molecule has 1 heterocycles. The Kier molecular flexibility index (Phi) is 8.51. The van der Waals surface area contributed by atoms with Gasteiger partial charge in [-0.1, -0.05) is 48.3 Å². The number of hydrogen-bond donors (Lipinski definition) is 1. The number of ether oxygens (including phenoxy) is 1. The molecule has 1 N–H and O–H groups in total. The van der Waals surface area contributed by atoms with E-state index in [1.165, 1.54) is 12.1 Å². The van der Waals surface area contributed by atoms with Crippen LogP contribution >= 0.6 is 23.2 Å². The Hall–Kier alpha value is -1.66. The maximum absolute atomic E-state index is 12.1. The van der Waals surface area contributed by atoms with Crippen molar-refractivity contribution >= 4 is 29.1 Å². The van der Waals surface area contributed by atoms with Gasteiger partial charge >= 0.3 is 0 Å². The van der Waals surface area contributed by atoms with Gasteiger partial charge in [0, 0.05) is 10.0 Å². The number of carbonyl (C=O) groups is 1. The van der Waals surface area contributed by atoms with Crippen molar-refractivity contribution in [2.45, 2.75) is 25.4 Å². The Labute approximate surface area is 168 Å². The fourth-order valence-corrected chi connectivity index (χ4v) is 3.16. The predicted molar refractivity (Wildman–Crippen MR) is 104 cm³/mol. The fraction of sp³-hybridized carbons (Fsp3) is 0.350. The van der Waals surface area contributed by atoms with Crippen LogP contribution in [0.3, 0.4) is 0 Å². The quantitative estimate of drug-likeness (QED) is 0.802. The molecule has 1 aliphatic rings. The van der Waals surface area contributed by atoms with Gasteiger partial charge in [-0.25, -0.2) is 4.39 Å². The summed E-state index contributed by atoms with van der Waals surface area (Å²) in [5.41, 5.74) is 0.976. The molecule has 2 atom stereocenters. The molecule has 0 bridgehead atoms. The molecule has 1 saturated heterocycles. The third-order valence-electron chi connectivity index (χ3n) is 4.24. The maximum atomic E-state index is 12.1. The molecular formula is C20H22Cl2FNO3. The van der Waals surface area contributed by atoms with E-state index in [1.807, 2.05) is 19.1 Å². The van der Waals surface area contributed by atoms with Crippen LogP contribution in [-0.2, 0) is 9.53 Å². The van der Waals surface area contributed by atoms with E-state index >= 15 is 0 Å². The summed E-state index contributed by atoms with van der Waals surface area (Å²) in [6.07, 6.45) is 0.715. The van der Waals surface area contributed by atoms with E-state index in [4.69, 9.17) is 27.9 Å². The highest BCUT2D eigenvalue weighted by Crippen LogP contribution is 2.28. The largest absolute Gasteiger partial charge is 0.394 e. The monoisotopic (exact) mass is 413 g/mol. The van der Waals surface area contributed by atoms with Crippen molar-refractivity contribution in [1.82, 2.24) is 4.90 Å². The van der Waals surface area contributed by atoms with E-state index in [9.17, 15) is 14.3 Å². The minimum absolute atomic E-state index is 0.0354. The van der Waals surface area contributed by atoms with Crippen molar-refractivity contribution in [3.05, 3.63) is 70.0 Å². The van der Waals surface area contributed by atoms with E-state index < -0.39 is 0 Å². The van der Waals surface area contributed by atoms with Crippen LogP contribution < -0.4 is 0 Å². The molecule has 0 aliphatic carbocycles. The Morgan fingerprint density at radius 3 is 2.44 bits per heavy atom. The summed E-state index contributed by atoms with van der Waals surface area (Å²) in [5, 5.41) is 10.5. The third-order valence-corrected chi connectivity index (χ3v) is 4.73. The summed E-state index contributed by atoms with van der Waals surface area (Å²) in [6, 6.07) is 12.9. The maximum Gasteiger partial charge on any atom is 0.249 e. The summed E-state index contributed by atoms with van der Waals surface area (Å²) >= 11 is 11.3. The molecule has 146 valence electrons. The van der Waals surface area contributed by atoms with Crippen LogP contribution in [0.15, 0.2) is 48.5 Å². The molecule has 1 amide bonds. The molecule has 0 aromatic heterocycles. The number of morpholine rings is 1. The average molecular weight is 414 g/mol. The van der Waals surface area contributed by atoms with Gasteiger partial charge in [0.15, 0.2) is 0 Å². The number of benzene rings is 2. The van der Waals surface area contributed by atoms with Gasteiger partial charge < -0.3 is 14.7 Å². The standard InChI is InChI=1S/C14H18ClNO3.C6H4ClF/c1-2-12(7-17)16-13(8-19-9-14(16)18)10-3-5-11(15)6-4-10;7-5-2-1-3-6(8)4-5/h3-6,12-13,17H,2,7-9H2,1H3;1-4H/t12-,13-;/m0./s1. The van der Waals surface area contributed by atoms with Gasteiger partial charge in [-0.05, 0) is 42.3 Å². The topological polar surface area (TPSA) is 49.8 Å². The van der Waals surface area contributed by atoms with Gasteiger partial charge in [0.25, 0.3) is 0 Å². The lowest BCUT2D eigenvalue weighted by Gasteiger charge is -2.40. The van der Waals surface area contributed by atoms with E-state index in [2.05, 4.69) is 0 Å². The van der Waals surface area contributed by atoms with Crippen LogP contribution in [0.5, 0.6) is 0 Å². The molecule has 1 aliphatic heterocycles. The third kappa shape index (κ3) is 6.18. The van der Waals surface area contributed by atoms with Crippen molar-refractivity contribution < 1.29 is 19.0 Å². The molecule has 3 rings (SSSR count). The zero-order valence-electron chi connectivity index (χ0n) is 14.9. The molecule has 1 fully saturated rings. The molecule has 4 nitrogen and oxygen atoms in total. The first-order valence-electron chi connectivity index (χ1n) is 8.62. The highest BCUT2D eigenvalue weighted by atomic mass is 35.5. The second-order valence-electron chi connectivity index (χ2n) is 6.07. The lowest BCUT2D eigenvalue weighted by atomic mass is 10.0. The smallest absolute Gasteiger partial charge is 0.249 e. The number of rotatable bonds is 4. The number of aliphatic hydroxyl groups excluding tert-OH is 1. The molecule has 0 saturated carbocycles. The molecular weight excluding hydrogens is 392 g/mol. The number of carbonyl (C=O) groups excluding carboxylic acids is 1. The first-order valence-corrected chi connectivity index (χ1v) is 9.38. The average Bonchev–Trinajstić information content (AvgIpc) is 2.65. The van der Waals surface area contributed by atoms with E-state index in [0.29, 0.717) is 23.1 Å². The van der Waals surface area contributed by atoms with Gasteiger partial charge in [0.05, 0.1) is 25.3 Å². The molecule has 7 heteroatoms. The highest BCUT2D eigenvalue weighted by molar-refractivity contribution is 6.30. The SMILES string of the molecule is CC[C@@H](CO)N1C(=O)COC[C@H]1c1ccc(Cl)cc1.Fc1cccc(Cl)c1. The Morgan fingerprint density at radius 2 is 1.93 bits per heavy atom. The highest BCUT2D eigenvalue weighted by Gasteiger charge is 2.34. The molecule has 0 radical (unpaired) electrons. The van der Waals surface area contributed by atoms with Crippen LogP contribution in [-0.4, -0.2) is 41.8 Å². The van der Waals surface area contributed by atoms with Gasteiger partial charge in [0.1, 0.15) is 12.4 Å². The second kappa shape index (κ2) is 10.6. The van der Waals surface area contributed by atoms with Crippen molar-refractivity contribution in [2.75, 3.05) is 19.8 Å². The van der Waals surface area contributed by atoms with Gasteiger partial charge in [-0.3, -0.25) is 4.79 Å². The van der Waals surface area contributed by atoms with Crippen LogP contribution in [0.1, 0.15) is 24.9 Å².